The molecule has 0 radical (unpaired) electrons. The molecule has 1 aliphatic rings. The van der Waals surface area contributed by atoms with Gasteiger partial charge >= 0.3 is 0 Å². The second kappa shape index (κ2) is 7.25. The summed E-state index contributed by atoms with van der Waals surface area (Å²) in [4.78, 5) is 0. The molecule has 0 N–H and O–H groups in total. The highest BCUT2D eigenvalue weighted by molar-refractivity contribution is 4.92. The van der Waals surface area contributed by atoms with Crippen LogP contribution in [0.5, 0.6) is 0 Å². The molecule has 102 valence electrons. The smallest absolute Gasteiger partial charge is 0.186 e. The number of hydrogen-bond donors (Lipinski definition) is 0. The van der Waals surface area contributed by atoms with Crippen molar-refractivity contribution in [2.45, 2.75) is 30.7 Å². The van der Waals surface area contributed by atoms with Gasteiger partial charge in [0.2, 0.25) is 0 Å². The fourth-order valence-corrected chi connectivity index (χ4v) is 1.89. The van der Waals surface area contributed by atoms with Gasteiger partial charge in [-0.25, -0.2) is 0 Å². The zero-order valence-electron chi connectivity index (χ0n) is 13.9. The lowest BCUT2D eigenvalue weighted by Gasteiger charge is -2.44. The van der Waals surface area contributed by atoms with Crippen LogP contribution in [0.1, 0.15) is 5.48 Å². The third-order valence-electron chi connectivity index (χ3n) is 2.68. The van der Waals surface area contributed by atoms with Gasteiger partial charge in [0, 0.05) is 35.5 Å². The largest absolute Gasteiger partial charge is 0.382 e. The summed E-state index contributed by atoms with van der Waals surface area (Å²) in [6.45, 7) is 0.0689. The number of ether oxygens (including phenoxy) is 6. The van der Waals surface area contributed by atoms with Gasteiger partial charge in [-0.1, -0.05) is 0 Å². The third kappa shape index (κ3) is 3.15. The predicted octanol–water partition coefficient (Wildman–Crippen LogP) is 0.0491. The van der Waals surface area contributed by atoms with E-state index in [1.54, 1.807) is 0 Å². The van der Waals surface area contributed by atoms with E-state index in [9.17, 15) is 0 Å². The van der Waals surface area contributed by atoms with E-state index in [-0.39, 0.29) is 35.0 Å². The van der Waals surface area contributed by atoms with Crippen molar-refractivity contribution >= 4 is 0 Å². The summed E-state index contributed by atoms with van der Waals surface area (Å²) in [5, 5.41) is 0. The summed E-state index contributed by atoms with van der Waals surface area (Å²) in [7, 11) is 0.211. The molecule has 1 rings (SSSR count). The first-order valence-electron chi connectivity index (χ1n) is 7.84. The summed E-state index contributed by atoms with van der Waals surface area (Å²) in [6.07, 6.45) is -3.61. The van der Waals surface area contributed by atoms with Crippen LogP contribution in [0.2, 0.25) is 0 Å². The fourth-order valence-electron chi connectivity index (χ4n) is 1.89. The van der Waals surface area contributed by atoms with E-state index < -0.39 is 30.7 Å². The van der Waals surface area contributed by atoms with Crippen molar-refractivity contribution in [1.29, 1.82) is 0 Å². The van der Waals surface area contributed by atoms with Crippen molar-refractivity contribution < 1.29 is 33.9 Å². The van der Waals surface area contributed by atoms with Gasteiger partial charge in [-0.05, 0) is 0 Å². The Labute approximate surface area is 108 Å². The molecule has 5 atom stereocenters. The minimum Gasteiger partial charge on any atom is -0.382 e. The molecule has 0 aliphatic carbocycles. The van der Waals surface area contributed by atoms with Crippen LogP contribution < -0.4 is 0 Å². The van der Waals surface area contributed by atoms with E-state index in [1.165, 1.54) is 7.11 Å². The van der Waals surface area contributed by atoms with Crippen LogP contribution in [-0.2, 0) is 28.4 Å². The van der Waals surface area contributed by atoms with Gasteiger partial charge < -0.3 is 28.4 Å². The van der Waals surface area contributed by atoms with Crippen molar-refractivity contribution in [3.8, 4) is 0 Å². The van der Waals surface area contributed by atoms with E-state index in [0.717, 1.165) is 0 Å². The van der Waals surface area contributed by atoms with Crippen molar-refractivity contribution in [2.24, 2.45) is 0 Å². The Hall–Kier alpha value is -0.240. The molecule has 0 aromatic rings. The zero-order valence-corrected chi connectivity index (χ0v) is 9.87. The molecule has 17 heavy (non-hydrogen) atoms. The maximum atomic E-state index is 7.24. The Morgan fingerprint density at radius 1 is 0.941 bits per heavy atom. The molecule has 0 spiro atoms. The molecule has 0 amide bonds. The quantitative estimate of drug-likeness (QED) is 0.667. The first-order chi connectivity index (χ1) is 10.2. The van der Waals surface area contributed by atoms with Gasteiger partial charge in [0.05, 0.1) is 12.1 Å². The third-order valence-corrected chi connectivity index (χ3v) is 2.68. The van der Waals surface area contributed by atoms with Crippen LogP contribution >= 0.6 is 0 Å². The molecule has 0 bridgehead atoms. The van der Waals surface area contributed by atoms with Crippen LogP contribution in [-0.4, -0.2) is 72.8 Å². The highest BCUT2D eigenvalue weighted by Gasteiger charge is 2.47. The normalized spacial score (nSPS) is 41.4. The molecular formula is C11H22O6. The minimum absolute atomic E-state index is 0.0689. The fraction of sp³-hybridized carbons (Fsp3) is 1.00. The topological polar surface area (TPSA) is 55.4 Å². The molecule has 0 aromatic heterocycles. The van der Waals surface area contributed by atoms with Gasteiger partial charge in [0.15, 0.2) is 6.29 Å². The van der Waals surface area contributed by atoms with Crippen LogP contribution in [0.15, 0.2) is 0 Å². The second-order valence-corrected chi connectivity index (χ2v) is 3.54. The van der Waals surface area contributed by atoms with Crippen LogP contribution in [0.4, 0.5) is 0 Å². The zero-order chi connectivity index (χ0) is 15.7. The molecule has 1 fully saturated rings. The molecule has 1 unspecified atom stereocenters. The van der Waals surface area contributed by atoms with E-state index in [4.69, 9.17) is 33.9 Å². The summed E-state index contributed by atoms with van der Waals surface area (Å²) >= 11 is 0. The average molecular weight is 254 g/mol. The highest BCUT2D eigenvalue weighted by Crippen LogP contribution is 2.27. The van der Waals surface area contributed by atoms with Crippen molar-refractivity contribution in [1.82, 2.24) is 0 Å². The molecule has 1 aliphatic heterocycles. The number of methoxy groups -OCH3 is 5. The maximum Gasteiger partial charge on any atom is 0.186 e. The van der Waals surface area contributed by atoms with Crippen LogP contribution in [0, 0.1) is 0 Å². The summed E-state index contributed by atoms with van der Waals surface area (Å²) < 4.78 is 60.5. The molecule has 6 nitrogen and oxygen atoms in total. The van der Waals surface area contributed by atoms with Crippen molar-refractivity contribution in [2.75, 3.05) is 42.1 Å². The molecule has 1 heterocycles. The lowest BCUT2D eigenvalue weighted by molar-refractivity contribution is -0.307. The monoisotopic (exact) mass is 254 g/mol. The SMILES string of the molecule is [2H]COC[C@H]1OC(OC)[C@H](OC[2H])[C@@H](OC[2H])[C@@H]1OC[2H]. The summed E-state index contributed by atoms with van der Waals surface area (Å²) in [6, 6.07) is 0. The Bertz CT molecular complexity index is 275. The van der Waals surface area contributed by atoms with Gasteiger partial charge in [-0.15, -0.1) is 0 Å². The number of hydrogen-bond acceptors (Lipinski definition) is 6. The Morgan fingerprint density at radius 3 is 2.29 bits per heavy atom. The van der Waals surface area contributed by atoms with E-state index in [2.05, 4.69) is 0 Å². The highest BCUT2D eigenvalue weighted by atomic mass is 16.7. The van der Waals surface area contributed by atoms with Gasteiger partial charge in [-0.3, -0.25) is 0 Å². The van der Waals surface area contributed by atoms with Gasteiger partial charge in [0.25, 0.3) is 0 Å². The van der Waals surface area contributed by atoms with E-state index in [1.807, 2.05) is 0 Å². The minimum atomic E-state index is -0.809. The van der Waals surface area contributed by atoms with E-state index in [0.29, 0.717) is 0 Å². The number of rotatable bonds is 6. The van der Waals surface area contributed by atoms with Gasteiger partial charge in [-0.2, -0.15) is 0 Å². The second-order valence-electron chi connectivity index (χ2n) is 3.54. The molecule has 6 heteroatoms. The van der Waals surface area contributed by atoms with Crippen molar-refractivity contribution in [3.05, 3.63) is 0 Å². The lowest BCUT2D eigenvalue weighted by atomic mass is 9.98. The molecular weight excluding hydrogens is 228 g/mol. The molecule has 0 saturated carbocycles. The first-order valence-corrected chi connectivity index (χ1v) is 5.01. The lowest BCUT2D eigenvalue weighted by Crippen LogP contribution is -2.61. The van der Waals surface area contributed by atoms with Crippen molar-refractivity contribution in [3.63, 3.8) is 0 Å². The summed E-state index contributed by atoms with van der Waals surface area (Å²) in [5.41, 5.74) is 0. The average Bonchev–Trinajstić information content (AvgIpc) is 2.49. The Balaban J connectivity index is 2.91. The first kappa shape index (κ1) is 9.66. The summed E-state index contributed by atoms with van der Waals surface area (Å²) in [5.74, 6) is 0. The maximum absolute atomic E-state index is 7.24. The van der Waals surface area contributed by atoms with Crippen LogP contribution in [0.3, 0.4) is 0 Å². The van der Waals surface area contributed by atoms with Gasteiger partial charge in [0.1, 0.15) is 24.4 Å². The Kier molecular flexibility index (Phi) is 4.12. The molecule has 0 aromatic carbocycles. The van der Waals surface area contributed by atoms with E-state index >= 15 is 0 Å². The molecule has 1 saturated heterocycles. The predicted molar refractivity (Wildman–Crippen MR) is 59.9 cm³/mol. The standard InChI is InChI=1S/C11H22O6/c1-12-6-7-8(13-2)9(14-3)10(15-4)11(16-5)17-7/h7-11H,6H2,1-5H3/t7-,8-,9+,10-,11?/m1/s1/i1D,2D,3D,4D. The van der Waals surface area contributed by atoms with Crippen LogP contribution in [0.25, 0.3) is 0 Å². The Morgan fingerprint density at radius 2 is 1.65 bits per heavy atom.